The Kier molecular flexibility index (Phi) is 5.98. The van der Waals surface area contributed by atoms with Gasteiger partial charge in [-0.2, -0.15) is 0 Å². The van der Waals surface area contributed by atoms with Gasteiger partial charge in [0.25, 0.3) is 0 Å². The highest BCUT2D eigenvalue weighted by atomic mass is 15.3. The largest absolute Gasteiger partial charge is 0.353 e. The van der Waals surface area contributed by atoms with Crippen LogP contribution in [0, 0.1) is 0 Å². The lowest BCUT2D eigenvalue weighted by Gasteiger charge is -2.31. The fourth-order valence-corrected chi connectivity index (χ4v) is 2.19. The molecule has 0 aliphatic carbocycles. The van der Waals surface area contributed by atoms with Crippen molar-refractivity contribution in [1.29, 1.82) is 0 Å². The zero-order chi connectivity index (χ0) is 14.4. The summed E-state index contributed by atoms with van der Waals surface area (Å²) in [6.45, 7) is 8.25. The predicted octanol–water partition coefficient (Wildman–Crippen LogP) is 1.10. The molecule has 0 aliphatic rings. The number of rotatable bonds is 7. The number of nitrogens with two attached hydrogens (primary N) is 1. The van der Waals surface area contributed by atoms with Gasteiger partial charge in [0.15, 0.2) is 0 Å². The van der Waals surface area contributed by atoms with Crippen LogP contribution in [0.2, 0.25) is 0 Å². The highest BCUT2D eigenvalue weighted by Crippen LogP contribution is 2.18. The molecule has 3 N–H and O–H groups in total. The van der Waals surface area contributed by atoms with Gasteiger partial charge in [-0.25, -0.2) is 15.8 Å². The summed E-state index contributed by atoms with van der Waals surface area (Å²) in [6.07, 6.45) is 0.794. The molecule has 1 rings (SSSR count). The third-order valence-corrected chi connectivity index (χ3v) is 3.02. The summed E-state index contributed by atoms with van der Waals surface area (Å²) in [5.74, 6) is 7.87. The van der Waals surface area contributed by atoms with Crippen molar-refractivity contribution in [2.45, 2.75) is 33.2 Å². The van der Waals surface area contributed by atoms with E-state index in [2.05, 4.69) is 53.1 Å². The fourth-order valence-electron chi connectivity index (χ4n) is 2.19. The second-order valence-corrected chi connectivity index (χ2v) is 4.92. The molecule has 1 heterocycles. The first kappa shape index (κ1) is 15.7. The van der Waals surface area contributed by atoms with Gasteiger partial charge in [-0.15, -0.1) is 0 Å². The predicted molar refractivity (Wildman–Crippen MR) is 80.3 cm³/mol. The van der Waals surface area contributed by atoms with Crippen LogP contribution in [0.4, 0.5) is 11.6 Å². The van der Waals surface area contributed by atoms with E-state index in [1.165, 1.54) is 0 Å². The highest BCUT2D eigenvalue weighted by Gasteiger charge is 2.16. The van der Waals surface area contributed by atoms with Crippen molar-refractivity contribution in [3.8, 4) is 0 Å². The SMILES string of the molecule is CCc1nc(NN)cc(N(CC)C(C)CN(C)C)n1. The molecule has 19 heavy (non-hydrogen) atoms. The van der Waals surface area contributed by atoms with Crippen LogP contribution in [0.1, 0.15) is 26.6 Å². The molecule has 6 nitrogen and oxygen atoms in total. The maximum Gasteiger partial charge on any atom is 0.145 e. The molecule has 0 bridgehead atoms. The smallest absolute Gasteiger partial charge is 0.145 e. The topological polar surface area (TPSA) is 70.3 Å². The van der Waals surface area contributed by atoms with Gasteiger partial charge >= 0.3 is 0 Å². The van der Waals surface area contributed by atoms with E-state index in [-0.39, 0.29) is 0 Å². The van der Waals surface area contributed by atoms with Crippen LogP contribution in [0.3, 0.4) is 0 Å². The lowest BCUT2D eigenvalue weighted by Crippen LogP contribution is -2.40. The number of nitrogen functional groups attached to an aromatic ring is 1. The molecule has 1 aromatic heterocycles. The minimum Gasteiger partial charge on any atom is -0.353 e. The van der Waals surface area contributed by atoms with Gasteiger partial charge in [0.1, 0.15) is 17.5 Å². The number of hydrazine groups is 1. The van der Waals surface area contributed by atoms with E-state index in [1.807, 2.05) is 13.0 Å². The number of nitrogens with one attached hydrogen (secondary N) is 1. The van der Waals surface area contributed by atoms with Crippen LogP contribution in [0.5, 0.6) is 0 Å². The van der Waals surface area contributed by atoms with E-state index in [0.29, 0.717) is 11.9 Å². The van der Waals surface area contributed by atoms with Crippen LogP contribution >= 0.6 is 0 Å². The van der Waals surface area contributed by atoms with Crippen LogP contribution < -0.4 is 16.2 Å². The first-order valence-corrected chi connectivity index (χ1v) is 6.77. The summed E-state index contributed by atoms with van der Waals surface area (Å²) >= 11 is 0. The molecular weight excluding hydrogens is 240 g/mol. The van der Waals surface area contributed by atoms with Gasteiger partial charge in [-0.3, -0.25) is 0 Å². The fraction of sp³-hybridized carbons (Fsp3) is 0.692. The average molecular weight is 266 g/mol. The van der Waals surface area contributed by atoms with Crippen molar-refractivity contribution < 1.29 is 0 Å². The number of hydrogen-bond donors (Lipinski definition) is 2. The Labute approximate surface area is 116 Å². The van der Waals surface area contributed by atoms with E-state index < -0.39 is 0 Å². The molecule has 0 fully saturated rings. The maximum atomic E-state index is 5.47. The molecule has 0 saturated carbocycles. The summed E-state index contributed by atoms with van der Waals surface area (Å²) < 4.78 is 0. The number of nitrogens with zero attached hydrogens (tertiary/aromatic N) is 4. The molecule has 0 aromatic carbocycles. The van der Waals surface area contributed by atoms with Crippen molar-refractivity contribution >= 4 is 11.6 Å². The first-order valence-electron chi connectivity index (χ1n) is 6.77. The zero-order valence-electron chi connectivity index (χ0n) is 12.6. The van der Waals surface area contributed by atoms with Gasteiger partial charge < -0.3 is 15.2 Å². The normalized spacial score (nSPS) is 12.6. The maximum absolute atomic E-state index is 5.47. The molecule has 0 spiro atoms. The lowest BCUT2D eigenvalue weighted by molar-refractivity contribution is 0.372. The monoisotopic (exact) mass is 266 g/mol. The summed E-state index contributed by atoms with van der Waals surface area (Å²) in [7, 11) is 4.16. The van der Waals surface area contributed by atoms with E-state index in [1.54, 1.807) is 0 Å². The van der Waals surface area contributed by atoms with Crippen molar-refractivity contribution in [3.05, 3.63) is 11.9 Å². The van der Waals surface area contributed by atoms with E-state index in [0.717, 1.165) is 31.2 Å². The Bertz CT molecular complexity index is 370. The average Bonchev–Trinajstić information content (AvgIpc) is 2.38. The summed E-state index contributed by atoms with van der Waals surface area (Å²) in [5.41, 5.74) is 2.61. The molecular formula is C13H26N6. The van der Waals surface area contributed by atoms with Crippen LogP contribution in [0.15, 0.2) is 6.07 Å². The zero-order valence-corrected chi connectivity index (χ0v) is 12.6. The molecule has 1 atom stereocenters. The van der Waals surface area contributed by atoms with E-state index >= 15 is 0 Å². The standard InChI is InChI=1S/C13H26N6/c1-6-11-15-12(17-14)8-13(16-11)19(7-2)10(3)9-18(4)5/h8,10H,6-7,9,14H2,1-5H3,(H,15,16,17). The quantitative estimate of drug-likeness (QED) is 0.569. The first-order chi connectivity index (χ1) is 9.01. The van der Waals surface area contributed by atoms with Crippen LogP contribution in [0.25, 0.3) is 0 Å². The number of likely N-dealkylation sites (N-methyl/N-ethyl adjacent to an activating group) is 2. The van der Waals surface area contributed by atoms with E-state index in [4.69, 9.17) is 5.84 Å². The van der Waals surface area contributed by atoms with Crippen LogP contribution in [-0.2, 0) is 6.42 Å². The Morgan fingerprint density at radius 2 is 2.00 bits per heavy atom. The molecule has 1 aromatic rings. The Hall–Kier alpha value is -1.40. The Morgan fingerprint density at radius 1 is 1.32 bits per heavy atom. The molecule has 108 valence electrons. The van der Waals surface area contributed by atoms with Crippen molar-refractivity contribution in [2.24, 2.45) is 5.84 Å². The third kappa shape index (κ3) is 4.33. The molecule has 0 amide bonds. The van der Waals surface area contributed by atoms with Gasteiger partial charge in [0, 0.05) is 31.6 Å². The molecule has 6 heteroatoms. The molecule has 0 aliphatic heterocycles. The van der Waals surface area contributed by atoms with Gasteiger partial charge in [0.05, 0.1) is 0 Å². The van der Waals surface area contributed by atoms with Gasteiger partial charge in [-0.1, -0.05) is 6.92 Å². The number of anilines is 2. The second-order valence-electron chi connectivity index (χ2n) is 4.92. The number of aromatic nitrogens is 2. The summed E-state index contributed by atoms with van der Waals surface area (Å²) in [6, 6.07) is 2.28. The van der Waals surface area contributed by atoms with Gasteiger partial charge in [-0.05, 0) is 27.9 Å². The molecule has 1 unspecified atom stereocenters. The summed E-state index contributed by atoms with van der Waals surface area (Å²) in [4.78, 5) is 13.4. The van der Waals surface area contributed by atoms with Gasteiger partial charge in [0.2, 0.25) is 0 Å². The minimum absolute atomic E-state index is 0.380. The van der Waals surface area contributed by atoms with Crippen molar-refractivity contribution in [3.63, 3.8) is 0 Å². The van der Waals surface area contributed by atoms with Crippen molar-refractivity contribution in [1.82, 2.24) is 14.9 Å². The number of aryl methyl sites for hydroxylation is 1. The Balaban J connectivity index is 3.02. The highest BCUT2D eigenvalue weighted by molar-refractivity contribution is 5.49. The van der Waals surface area contributed by atoms with E-state index in [9.17, 15) is 0 Å². The lowest BCUT2D eigenvalue weighted by atomic mass is 10.2. The minimum atomic E-state index is 0.380. The van der Waals surface area contributed by atoms with Crippen molar-refractivity contribution in [2.75, 3.05) is 37.5 Å². The molecule has 0 radical (unpaired) electrons. The Morgan fingerprint density at radius 3 is 2.47 bits per heavy atom. The number of hydrogen-bond acceptors (Lipinski definition) is 6. The third-order valence-electron chi connectivity index (χ3n) is 3.02. The van der Waals surface area contributed by atoms with Crippen LogP contribution in [-0.4, -0.2) is 48.1 Å². The second kappa shape index (κ2) is 7.25. The molecule has 0 saturated heterocycles. The summed E-state index contributed by atoms with van der Waals surface area (Å²) in [5, 5.41) is 0.